The van der Waals surface area contributed by atoms with E-state index in [-0.39, 0.29) is 11.4 Å². The maximum absolute atomic E-state index is 12.3. The molecular formula is C16H20N2O2. The van der Waals surface area contributed by atoms with E-state index in [1.165, 1.54) is 0 Å². The van der Waals surface area contributed by atoms with Gasteiger partial charge in [-0.15, -0.1) is 0 Å². The summed E-state index contributed by atoms with van der Waals surface area (Å²) in [7, 11) is 0. The molecule has 4 heteroatoms. The number of benzene rings is 1. The zero-order valence-electron chi connectivity index (χ0n) is 11.7. The van der Waals surface area contributed by atoms with Gasteiger partial charge < -0.3 is 15.8 Å². The Kier molecular flexibility index (Phi) is 4.78. The first-order valence-corrected chi connectivity index (χ1v) is 6.82. The maximum atomic E-state index is 12.3. The number of carbonyl (C=O) groups is 1. The largest absolute Gasteiger partial charge is 0.381 e. The number of carbonyl (C=O) groups excluding carboxylic acids is 1. The van der Waals surface area contributed by atoms with E-state index in [9.17, 15) is 4.79 Å². The maximum Gasteiger partial charge on any atom is 0.251 e. The van der Waals surface area contributed by atoms with Crippen molar-refractivity contribution in [3.05, 3.63) is 35.4 Å². The van der Waals surface area contributed by atoms with Crippen LogP contribution in [0.15, 0.2) is 24.3 Å². The van der Waals surface area contributed by atoms with E-state index in [0.29, 0.717) is 25.3 Å². The average molecular weight is 272 g/mol. The van der Waals surface area contributed by atoms with Crippen molar-refractivity contribution in [2.24, 2.45) is 5.73 Å². The Labute approximate surface area is 119 Å². The number of hydrogen-bond donors (Lipinski definition) is 2. The SMILES string of the molecule is CC1(NC(=O)c2cccc(C#CCN)c2)CCOCC1. The number of nitrogens with one attached hydrogen (secondary N) is 1. The molecule has 0 aromatic heterocycles. The molecule has 1 heterocycles. The van der Waals surface area contributed by atoms with Crippen LogP contribution in [0.5, 0.6) is 0 Å². The molecule has 1 aliphatic rings. The average Bonchev–Trinajstić information content (AvgIpc) is 2.45. The number of hydrogen-bond acceptors (Lipinski definition) is 3. The number of rotatable bonds is 2. The van der Waals surface area contributed by atoms with Crippen molar-refractivity contribution in [1.29, 1.82) is 0 Å². The van der Waals surface area contributed by atoms with Crippen LogP contribution >= 0.6 is 0 Å². The number of ether oxygens (including phenoxy) is 1. The first kappa shape index (κ1) is 14.6. The lowest BCUT2D eigenvalue weighted by Crippen LogP contribution is -2.49. The van der Waals surface area contributed by atoms with Crippen molar-refractivity contribution in [3.8, 4) is 11.8 Å². The molecule has 1 amide bonds. The minimum Gasteiger partial charge on any atom is -0.381 e. The monoisotopic (exact) mass is 272 g/mol. The van der Waals surface area contributed by atoms with Gasteiger partial charge in [0.05, 0.1) is 6.54 Å². The van der Waals surface area contributed by atoms with E-state index in [0.717, 1.165) is 18.4 Å². The highest BCUT2D eigenvalue weighted by molar-refractivity contribution is 5.95. The molecule has 1 aromatic rings. The summed E-state index contributed by atoms with van der Waals surface area (Å²) in [5.41, 5.74) is 6.60. The molecule has 0 unspecified atom stereocenters. The third-order valence-electron chi connectivity index (χ3n) is 3.47. The molecule has 1 saturated heterocycles. The van der Waals surface area contributed by atoms with Gasteiger partial charge in [0.25, 0.3) is 5.91 Å². The molecule has 0 aliphatic carbocycles. The van der Waals surface area contributed by atoms with Gasteiger partial charge in [0, 0.05) is 29.9 Å². The molecule has 0 spiro atoms. The lowest BCUT2D eigenvalue weighted by molar-refractivity contribution is 0.0423. The summed E-state index contributed by atoms with van der Waals surface area (Å²) in [5.74, 6) is 5.66. The summed E-state index contributed by atoms with van der Waals surface area (Å²) in [6.07, 6.45) is 1.68. The Hall–Kier alpha value is -1.83. The predicted octanol–water partition coefficient (Wildman–Crippen LogP) is 1.30. The predicted molar refractivity (Wildman–Crippen MR) is 78.3 cm³/mol. The van der Waals surface area contributed by atoms with Gasteiger partial charge in [0.1, 0.15) is 0 Å². The van der Waals surface area contributed by atoms with Crippen LogP contribution in [0.1, 0.15) is 35.7 Å². The van der Waals surface area contributed by atoms with Gasteiger partial charge in [-0.2, -0.15) is 0 Å². The number of amides is 1. The van der Waals surface area contributed by atoms with Crippen molar-refractivity contribution in [2.45, 2.75) is 25.3 Å². The summed E-state index contributed by atoms with van der Waals surface area (Å²) >= 11 is 0. The summed E-state index contributed by atoms with van der Waals surface area (Å²) in [6, 6.07) is 7.30. The zero-order chi connectivity index (χ0) is 14.4. The van der Waals surface area contributed by atoms with Gasteiger partial charge in [-0.3, -0.25) is 4.79 Å². The zero-order valence-corrected chi connectivity index (χ0v) is 11.7. The quantitative estimate of drug-likeness (QED) is 0.798. The van der Waals surface area contributed by atoms with E-state index in [1.807, 2.05) is 12.1 Å². The van der Waals surface area contributed by atoms with Gasteiger partial charge in [0.2, 0.25) is 0 Å². The number of nitrogens with two attached hydrogens (primary N) is 1. The van der Waals surface area contributed by atoms with E-state index < -0.39 is 0 Å². The highest BCUT2D eigenvalue weighted by Gasteiger charge is 2.29. The molecule has 0 bridgehead atoms. The molecule has 0 radical (unpaired) electrons. The molecule has 1 fully saturated rings. The Morgan fingerprint density at radius 3 is 2.90 bits per heavy atom. The lowest BCUT2D eigenvalue weighted by atomic mass is 9.92. The standard InChI is InChI=1S/C16H20N2O2/c1-16(7-10-20-11-8-16)18-15(19)14-6-2-4-13(12-14)5-3-9-17/h2,4,6,12H,7-11,17H2,1H3,(H,18,19). The van der Waals surface area contributed by atoms with Crippen molar-refractivity contribution in [3.63, 3.8) is 0 Å². The van der Waals surface area contributed by atoms with E-state index in [1.54, 1.807) is 12.1 Å². The van der Waals surface area contributed by atoms with E-state index in [4.69, 9.17) is 10.5 Å². The fourth-order valence-electron chi connectivity index (χ4n) is 2.18. The third kappa shape index (κ3) is 3.83. The van der Waals surface area contributed by atoms with Crippen molar-refractivity contribution >= 4 is 5.91 Å². The third-order valence-corrected chi connectivity index (χ3v) is 3.47. The molecule has 0 saturated carbocycles. The molecule has 106 valence electrons. The fourth-order valence-corrected chi connectivity index (χ4v) is 2.18. The normalized spacial score (nSPS) is 16.9. The summed E-state index contributed by atoms with van der Waals surface area (Å²) in [5, 5.41) is 3.10. The Morgan fingerprint density at radius 2 is 2.20 bits per heavy atom. The first-order valence-electron chi connectivity index (χ1n) is 6.82. The van der Waals surface area contributed by atoms with Crippen LogP contribution in [0.2, 0.25) is 0 Å². The van der Waals surface area contributed by atoms with Crippen molar-refractivity contribution in [1.82, 2.24) is 5.32 Å². The second kappa shape index (κ2) is 6.56. The molecule has 1 aliphatic heterocycles. The van der Waals surface area contributed by atoms with Crippen LogP contribution in [0.4, 0.5) is 0 Å². The fraction of sp³-hybridized carbons (Fsp3) is 0.438. The van der Waals surface area contributed by atoms with E-state index >= 15 is 0 Å². The summed E-state index contributed by atoms with van der Waals surface area (Å²) in [6.45, 7) is 3.76. The van der Waals surface area contributed by atoms with Gasteiger partial charge in [0.15, 0.2) is 0 Å². The molecule has 0 atom stereocenters. The highest BCUT2D eigenvalue weighted by atomic mass is 16.5. The van der Waals surface area contributed by atoms with Gasteiger partial charge >= 0.3 is 0 Å². The molecule has 20 heavy (non-hydrogen) atoms. The van der Waals surface area contributed by atoms with Crippen LogP contribution < -0.4 is 11.1 Å². The van der Waals surface area contributed by atoms with Crippen LogP contribution in [-0.2, 0) is 4.74 Å². The molecular weight excluding hydrogens is 252 g/mol. The minimum absolute atomic E-state index is 0.0641. The van der Waals surface area contributed by atoms with Crippen LogP contribution in [0.25, 0.3) is 0 Å². The molecule has 4 nitrogen and oxygen atoms in total. The van der Waals surface area contributed by atoms with Gasteiger partial charge in [-0.1, -0.05) is 17.9 Å². The minimum atomic E-state index is -0.186. The molecule has 2 rings (SSSR count). The summed E-state index contributed by atoms with van der Waals surface area (Å²) < 4.78 is 5.33. The Morgan fingerprint density at radius 1 is 1.45 bits per heavy atom. The van der Waals surface area contributed by atoms with Crippen molar-refractivity contribution < 1.29 is 9.53 Å². The topological polar surface area (TPSA) is 64.4 Å². The second-order valence-electron chi connectivity index (χ2n) is 5.21. The van der Waals surface area contributed by atoms with Gasteiger partial charge in [-0.05, 0) is 38.0 Å². The lowest BCUT2D eigenvalue weighted by Gasteiger charge is -2.34. The highest BCUT2D eigenvalue weighted by Crippen LogP contribution is 2.20. The summed E-state index contributed by atoms with van der Waals surface area (Å²) in [4.78, 5) is 12.3. The first-order chi connectivity index (χ1) is 9.63. The smallest absolute Gasteiger partial charge is 0.251 e. The Balaban J connectivity index is 2.08. The van der Waals surface area contributed by atoms with Gasteiger partial charge in [-0.25, -0.2) is 0 Å². The molecule has 1 aromatic carbocycles. The molecule has 3 N–H and O–H groups in total. The van der Waals surface area contributed by atoms with Crippen LogP contribution in [-0.4, -0.2) is 31.2 Å². The van der Waals surface area contributed by atoms with E-state index in [2.05, 4.69) is 24.1 Å². The van der Waals surface area contributed by atoms with Crippen molar-refractivity contribution in [2.75, 3.05) is 19.8 Å². The Bertz CT molecular complexity index is 537. The van der Waals surface area contributed by atoms with Crippen LogP contribution in [0.3, 0.4) is 0 Å². The van der Waals surface area contributed by atoms with Crippen LogP contribution in [0, 0.1) is 11.8 Å². The second-order valence-corrected chi connectivity index (χ2v) is 5.21.